The minimum absolute atomic E-state index is 0.140. The molecule has 1 heteroatoms. The van der Waals surface area contributed by atoms with Gasteiger partial charge in [0, 0.05) is 0 Å². The number of hydrogen-bond donors (Lipinski definition) is 0. The van der Waals surface area contributed by atoms with E-state index in [0.717, 1.165) is 5.66 Å². The summed E-state index contributed by atoms with van der Waals surface area (Å²) < 4.78 is 0. The highest BCUT2D eigenvalue weighted by Gasteiger charge is 2.41. The van der Waals surface area contributed by atoms with Crippen LogP contribution in [-0.4, -0.2) is 18.0 Å². The van der Waals surface area contributed by atoms with Gasteiger partial charge in [0.25, 0.3) is 0 Å². The zero-order valence-corrected chi connectivity index (χ0v) is 11.9. The van der Waals surface area contributed by atoms with Crippen LogP contribution in [0.2, 0.25) is 0 Å². The second kappa shape index (κ2) is 6.55. The van der Waals surface area contributed by atoms with Crippen molar-refractivity contribution in [2.24, 2.45) is 0 Å². The maximum absolute atomic E-state index is 2.40. The van der Waals surface area contributed by atoms with Crippen molar-refractivity contribution in [1.29, 1.82) is 0 Å². The van der Waals surface area contributed by atoms with Crippen LogP contribution in [0, 0.1) is 62.7 Å². The van der Waals surface area contributed by atoms with Gasteiger partial charge in [-0.1, -0.05) is 20.8 Å². The van der Waals surface area contributed by atoms with E-state index < -0.39 is 0 Å². The Morgan fingerprint density at radius 3 is 2.18 bits per heavy atom. The molecule has 0 aliphatic heterocycles. The van der Waals surface area contributed by atoms with Crippen molar-refractivity contribution in [3.63, 3.8) is 0 Å². The van der Waals surface area contributed by atoms with Gasteiger partial charge in [-0.05, 0) is 80.7 Å². The van der Waals surface area contributed by atoms with E-state index in [1.807, 2.05) is 0 Å². The first-order chi connectivity index (χ1) is 8.27. The topological polar surface area (TPSA) is 0 Å². The Balaban J connectivity index is 1.97. The van der Waals surface area contributed by atoms with Crippen LogP contribution in [0.1, 0.15) is 20.8 Å². The van der Waals surface area contributed by atoms with Crippen LogP contribution < -0.4 is 0 Å². The smallest absolute Gasteiger partial charge is 0.00534 e. The molecule has 2 aliphatic rings. The van der Waals surface area contributed by atoms with Crippen LogP contribution in [0.25, 0.3) is 0 Å². The van der Waals surface area contributed by atoms with Crippen LogP contribution in [0.3, 0.4) is 0 Å². The molecular weight excluding hydrogens is 223 g/mol. The Morgan fingerprint density at radius 2 is 1.59 bits per heavy atom. The van der Waals surface area contributed by atoms with E-state index in [-0.39, 0.29) is 7.92 Å². The van der Waals surface area contributed by atoms with Crippen LogP contribution in [0.5, 0.6) is 0 Å². The summed E-state index contributed by atoms with van der Waals surface area (Å²) in [7, 11) is 0.140. The number of hydrogen-bond acceptors (Lipinski definition) is 0. The maximum Gasteiger partial charge on any atom is -0.00534 e. The molecule has 0 unspecified atom stereocenters. The van der Waals surface area contributed by atoms with E-state index in [2.05, 4.69) is 65.7 Å². The third kappa shape index (κ3) is 3.06. The molecule has 1 atom stereocenters. The van der Waals surface area contributed by atoms with E-state index in [1.165, 1.54) is 24.2 Å². The van der Waals surface area contributed by atoms with Gasteiger partial charge in [-0.3, -0.25) is 0 Å². The molecule has 2 rings (SSSR count). The second-order valence-corrected chi connectivity index (χ2v) is 7.68. The summed E-state index contributed by atoms with van der Waals surface area (Å²) in [5.74, 6) is 4.36. The molecule has 0 N–H and O–H groups in total. The van der Waals surface area contributed by atoms with E-state index in [0.29, 0.717) is 0 Å². The van der Waals surface area contributed by atoms with Crippen molar-refractivity contribution in [2.75, 3.05) is 12.3 Å². The van der Waals surface area contributed by atoms with Gasteiger partial charge >= 0.3 is 0 Å². The summed E-state index contributed by atoms with van der Waals surface area (Å²) in [4.78, 5) is 0. The lowest BCUT2D eigenvalue weighted by molar-refractivity contribution is 0.912. The third-order valence-electron chi connectivity index (χ3n) is 3.63. The van der Waals surface area contributed by atoms with Crippen LogP contribution in [0.15, 0.2) is 0 Å². The fraction of sp³-hybridized carbons (Fsp3) is 0.375. The monoisotopic (exact) mass is 244 g/mol. The van der Waals surface area contributed by atoms with Gasteiger partial charge in [0.05, 0.1) is 0 Å². The molecule has 0 aromatic carbocycles. The predicted molar refractivity (Wildman–Crippen MR) is 77.3 cm³/mol. The van der Waals surface area contributed by atoms with Crippen LogP contribution >= 0.6 is 7.92 Å². The first kappa shape index (κ1) is 13.9. The molecule has 0 bridgehead atoms. The van der Waals surface area contributed by atoms with Gasteiger partial charge in [0.15, 0.2) is 0 Å². The molecule has 2 fully saturated rings. The van der Waals surface area contributed by atoms with E-state index in [4.69, 9.17) is 0 Å². The molecule has 90 valence electrons. The molecule has 10 radical (unpaired) electrons. The fourth-order valence-corrected chi connectivity index (χ4v) is 4.74. The molecule has 2 saturated carbocycles. The molecule has 0 aromatic heterocycles. The predicted octanol–water partition coefficient (Wildman–Crippen LogP) is 4.08. The third-order valence-corrected chi connectivity index (χ3v) is 6.63. The molecule has 0 aromatic rings. The van der Waals surface area contributed by atoms with E-state index in [1.54, 1.807) is 5.92 Å². The van der Waals surface area contributed by atoms with Crippen molar-refractivity contribution >= 4 is 7.92 Å². The van der Waals surface area contributed by atoms with Gasteiger partial charge in [-0.15, -0.1) is 7.92 Å². The molecule has 2 aliphatic carbocycles. The van der Waals surface area contributed by atoms with Gasteiger partial charge in [-0.25, -0.2) is 0 Å². The molecule has 0 spiro atoms. The first-order valence-electron chi connectivity index (χ1n) is 6.49. The highest BCUT2D eigenvalue weighted by Crippen LogP contribution is 2.54. The minimum Gasteiger partial charge on any atom is -0.104 e. The Bertz CT molecular complexity index is 216. The second-order valence-electron chi connectivity index (χ2n) is 4.47. The highest BCUT2D eigenvalue weighted by atomic mass is 31.1. The van der Waals surface area contributed by atoms with Gasteiger partial charge in [0.2, 0.25) is 0 Å². The zero-order chi connectivity index (χ0) is 12.3. The molecule has 0 amide bonds. The van der Waals surface area contributed by atoms with E-state index in [9.17, 15) is 0 Å². The van der Waals surface area contributed by atoms with Crippen molar-refractivity contribution < 1.29 is 0 Å². The quantitative estimate of drug-likeness (QED) is 0.639. The molecule has 17 heavy (non-hydrogen) atoms. The van der Waals surface area contributed by atoms with Crippen LogP contribution in [-0.2, 0) is 0 Å². The minimum atomic E-state index is 0.140. The van der Waals surface area contributed by atoms with Crippen molar-refractivity contribution in [2.45, 2.75) is 26.4 Å². The lowest BCUT2D eigenvalue weighted by Crippen LogP contribution is -2.22. The first-order valence-corrected chi connectivity index (χ1v) is 8.27. The number of rotatable bonds is 5. The molecule has 0 saturated heterocycles. The van der Waals surface area contributed by atoms with Gasteiger partial charge in [0.1, 0.15) is 0 Å². The maximum atomic E-state index is 2.40. The molecular formula is C16H21P. The normalized spacial score (nSPS) is 26.1. The largest absolute Gasteiger partial charge is 0.104 e. The summed E-state index contributed by atoms with van der Waals surface area (Å²) >= 11 is 0. The summed E-state index contributed by atoms with van der Waals surface area (Å²) in [6.45, 7) is 7.06. The average molecular weight is 244 g/mol. The zero-order valence-electron chi connectivity index (χ0n) is 11.0. The summed E-state index contributed by atoms with van der Waals surface area (Å²) in [6.07, 6.45) is 18.1. The van der Waals surface area contributed by atoms with Crippen molar-refractivity contribution in [1.82, 2.24) is 0 Å². The highest BCUT2D eigenvalue weighted by molar-refractivity contribution is 7.58. The summed E-state index contributed by atoms with van der Waals surface area (Å²) in [5, 5.41) is 0. The lowest BCUT2D eigenvalue weighted by atomic mass is 9.81. The van der Waals surface area contributed by atoms with Gasteiger partial charge in [-0.2, -0.15) is 0 Å². The SMILES string of the molecule is CCP(CC)[C@H](C)[C]1[CH][CH][CH][C]1[C]1[CH][CH][CH][CH]1. The Morgan fingerprint density at radius 1 is 0.941 bits per heavy atom. The molecule has 0 heterocycles. The standard InChI is InChI=1S/C16H21P/c1-4-17(5-2)13(3)15-11-8-12-16(15)14-9-6-7-10-14/h6-13H,4-5H2,1-3H3/t13-/m1/s1. The lowest BCUT2D eigenvalue weighted by Gasteiger charge is -2.33. The Hall–Kier alpha value is 0.430. The average Bonchev–Trinajstić information content (AvgIpc) is 3.01. The van der Waals surface area contributed by atoms with Crippen molar-refractivity contribution in [3.05, 3.63) is 62.7 Å². The van der Waals surface area contributed by atoms with Crippen molar-refractivity contribution in [3.8, 4) is 0 Å². The Labute approximate surface area is 110 Å². The van der Waals surface area contributed by atoms with E-state index >= 15 is 0 Å². The molecule has 0 nitrogen and oxygen atoms in total. The summed E-state index contributed by atoms with van der Waals surface area (Å²) in [5.41, 5.74) is 0.722. The van der Waals surface area contributed by atoms with Crippen LogP contribution in [0.4, 0.5) is 0 Å². The fourth-order valence-electron chi connectivity index (χ4n) is 2.58. The summed E-state index contributed by atoms with van der Waals surface area (Å²) in [6, 6.07) is 0. The Kier molecular flexibility index (Phi) is 5.34. The van der Waals surface area contributed by atoms with Gasteiger partial charge < -0.3 is 0 Å².